The number of alkyl halides is 3. The number of amides is 3. The molecule has 1 aliphatic carbocycles. The topological polar surface area (TPSA) is 97.2 Å². The molecular formula is C20H20F3N5O3. The molecule has 1 aliphatic heterocycles. The number of carbonyl (C=O) groups excluding carboxylic acids is 3. The van der Waals surface area contributed by atoms with Crippen LogP contribution in [0, 0.1) is 11.8 Å². The molecule has 1 N–H and O–H groups in total. The number of nitrogens with one attached hydrogen (secondary N) is 1. The number of imide groups is 1. The van der Waals surface area contributed by atoms with Crippen LogP contribution in [0.5, 0.6) is 0 Å². The molecule has 1 aromatic heterocycles. The Labute approximate surface area is 175 Å². The summed E-state index contributed by atoms with van der Waals surface area (Å²) >= 11 is 0. The molecule has 2 heterocycles. The zero-order valence-electron chi connectivity index (χ0n) is 16.4. The molecule has 1 saturated heterocycles. The van der Waals surface area contributed by atoms with Crippen LogP contribution in [0.25, 0.3) is 5.69 Å². The van der Waals surface area contributed by atoms with Crippen LogP contribution in [0.15, 0.2) is 30.9 Å². The maximum Gasteiger partial charge on any atom is 0.416 e. The van der Waals surface area contributed by atoms with Crippen LogP contribution in [-0.2, 0) is 20.6 Å². The third-order valence-electron chi connectivity index (χ3n) is 5.76. The summed E-state index contributed by atoms with van der Waals surface area (Å²) in [6, 6.07) is 2.89. The number of aromatic nitrogens is 3. The van der Waals surface area contributed by atoms with E-state index in [1.165, 1.54) is 23.4 Å². The number of anilines is 1. The number of likely N-dealkylation sites (tertiary alicyclic amines) is 1. The van der Waals surface area contributed by atoms with Crippen molar-refractivity contribution in [2.75, 3.05) is 11.9 Å². The number of hydrogen-bond donors (Lipinski definition) is 1. The molecule has 31 heavy (non-hydrogen) atoms. The van der Waals surface area contributed by atoms with Gasteiger partial charge in [0.1, 0.15) is 12.7 Å². The summed E-state index contributed by atoms with van der Waals surface area (Å²) in [5, 5.41) is 6.34. The van der Waals surface area contributed by atoms with Crippen LogP contribution in [0.4, 0.5) is 18.9 Å². The lowest BCUT2D eigenvalue weighted by Crippen LogP contribution is -2.34. The SMILES string of the molecule is O=C(CCN1C(=O)[C@H]2CCCC[C@H]2C1=O)Nc1cc(C(F)(F)F)ccc1-n1cncn1. The summed E-state index contributed by atoms with van der Waals surface area (Å²) in [6.45, 7) is -0.103. The van der Waals surface area contributed by atoms with Crippen LogP contribution >= 0.6 is 0 Å². The molecule has 0 radical (unpaired) electrons. The van der Waals surface area contributed by atoms with Gasteiger partial charge in [-0.15, -0.1) is 0 Å². The van der Waals surface area contributed by atoms with Gasteiger partial charge < -0.3 is 5.32 Å². The highest BCUT2D eigenvalue weighted by atomic mass is 19.4. The first kappa shape index (κ1) is 21.0. The lowest BCUT2D eigenvalue weighted by atomic mass is 9.81. The minimum Gasteiger partial charge on any atom is -0.324 e. The third-order valence-corrected chi connectivity index (χ3v) is 5.76. The standard InChI is InChI=1S/C20H20F3N5O3/c21-20(22,23)12-5-6-16(28-11-24-10-25-28)15(9-12)26-17(29)7-8-27-18(30)13-3-1-2-4-14(13)19(27)31/h5-6,9-11,13-14H,1-4,7-8H2,(H,26,29)/t13-,14+. The Bertz CT molecular complexity index is 982. The van der Waals surface area contributed by atoms with Gasteiger partial charge in [0.25, 0.3) is 0 Å². The fourth-order valence-corrected chi connectivity index (χ4v) is 4.22. The second-order valence-corrected chi connectivity index (χ2v) is 7.69. The second kappa shape index (κ2) is 8.12. The summed E-state index contributed by atoms with van der Waals surface area (Å²) in [6.07, 6.45) is 0.834. The molecular weight excluding hydrogens is 415 g/mol. The number of benzene rings is 1. The van der Waals surface area contributed by atoms with Gasteiger partial charge in [-0.1, -0.05) is 12.8 Å². The number of nitrogens with zero attached hydrogens (tertiary/aromatic N) is 4. The highest BCUT2D eigenvalue weighted by Crippen LogP contribution is 2.38. The molecule has 4 rings (SSSR count). The van der Waals surface area contributed by atoms with Gasteiger partial charge in [-0.2, -0.15) is 18.3 Å². The van der Waals surface area contributed by atoms with Crippen LogP contribution in [0.3, 0.4) is 0 Å². The van der Waals surface area contributed by atoms with E-state index in [0.717, 1.165) is 29.9 Å². The molecule has 2 aliphatic rings. The van der Waals surface area contributed by atoms with E-state index in [1.54, 1.807) is 0 Å². The molecule has 11 heteroatoms. The van der Waals surface area contributed by atoms with E-state index in [2.05, 4.69) is 15.4 Å². The lowest BCUT2D eigenvalue weighted by molar-refractivity contribution is -0.140. The molecule has 0 bridgehead atoms. The molecule has 1 aromatic carbocycles. The van der Waals surface area contributed by atoms with E-state index >= 15 is 0 Å². The monoisotopic (exact) mass is 435 g/mol. The maximum atomic E-state index is 13.1. The zero-order chi connectivity index (χ0) is 22.2. The average molecular weight is 435 g/mol. The molecule has 1 saturated carbocycles. The van der Waals surface area contributed by atoms with Crippen LogP contribution in [-0.4, -0.2) is 43.9 Å². The van der Waals surface area contributed by atoms with Crippen molar-refractivity contribution in [2.24, 2.45) is 11.8 Å². The van der Waals surface area contributed by atoms with Crippen molar-refractivity contribution in [1.29, 1.82) is 0 Å². The summed E-state index contributed by atoms with van der Waals surface area (Å²) in [4.78, 5) is 42.4. The summed E-state index contributed by atoms with van der Waals surface area (Å²) in [7, 11) is 0. The highest BCUT2D eigenvalue weighted by molar-refractivity contribution is 6.05. The van der Waals surface area contributed by atoms with Gasteiger partial charge in [0.15, 0.2) is 0 Å². The van der Waals surface area contributed by atoms with Gasteiger partial charge >= 0.3 is 6.18 Å². The summed E-state index contributed by atoms with van der Waals surface area (Å²) in [5.41, 5.74) is -0.822. The van der Waals surface area contributed by atoms with Crippen molar-refractivity contribution in [3.8, 4) is 5.69 Å². The lowest BCUT2D eigenvalue weighted by Gasteiger charge is -2.19. The Morgan fingerprint density at radius 2 is 1.81 bits per heavy atom. The molecule has 0 unspecified atom stereocenters. The Morgan fingerprint density at radius 1 is 1.13 bits per heavy atom. The number of halogens is 3. The largest absolute Gasteiger partial charge is 0.416 e. The minimum absolute atomic E-state index is 0.0990. The molecule has 164 valence electrons. The van der Waals surface area contributed by atoms with E-state index in [9.17, 15) is 27.6 Å². The first-order chi connectivity index (χ1) is 14.8. The van der Waals surface area contributed by atoms with E-state index in [1.807, 2.05) is 0 Å². The molecule has 2 fully saturated rings. The van der Waals surface area contributed by atoms with Crippen molar-refractivity contribution < 1.29 is 27.6 Å². The average Bonchev–Trinajstić information content (AvgIpc) is 3.34. The Kier molecular flexibility index (Phi) is 5.50. The fourth-order valence-electron chi connectivity index (χ4n) is 4.22. The van der Waals surface area contributed by atoms with Gasteiger partial charge in [0.05, 0.1) is 28.8 Å². The predicted octanol–water partition coefficient (Wildman–Crippen LogP) is 2.79. The van der Waals surface area contributed by atoms with Crippen LogP contribution < -0.4 is 5.32 Å². The Morgan fingerprint density at radius 3 is 2.39 bits per heavy atom. The Balaban J connectivity index is 1.48. The van der Waals surface area contributed by atoms with Gasteiger partial charge in [0, 0.05) is 13.0 Å². The minimum atomic E-state index is -4.59. The van der Waals surface area contributed by atoms with E-state index in [4.69, 9.17) is 0 Å². The quantitative estimate of drug-likeness (QED) is 0.729. The van der Waals surface area contributed by atoms with Crippen LogP contribution in [0.1, 0.15) is 37.7 Å². The number of hydrogen-bond acceptors (Lipinski definition) is 5. The Hall–Kier alpha value is -3.24. The second-order valence-electron chi connectivity index (χ2n) is 7.69. The highest BCUT2D eigenvalue weighted by Gasteiger charge is 2.47. The van der Waals surface area contributed by atoms with Gasteiger partial charge in [0.2, 0.25) is 17.7 Å². The smallest absolute Gasteiger partial charge is 0.324 e. The third kappa shape index (κ3) is 4.17. The van der Waals surface area contributed by atoms with Crippen molar-refractivity contribution >= 4 is 23.4 Å². The first-order valence-electron chi connectivity index (χ1n) is 9.97. The van der Waals surface area contributed by atoms with E-state index in [0.29, 0.717) is 12.8 Å². The summed E-state index contributed by atoms with van der Waals surface area (Å²) in [5.74, 6) is -1.76. The number of rotatable bonds is 5. The van der Waals surface area contributed by atoms with E-state index < -0.39 is 17.6 Å². The van der Waals surface area contributed by atoms with Crippen molar-refractivity contribution in [1.82, 2.24) is 19.7 Å². The van der Waals surface area contributed by atoms with Crippen molar-refractivity contribution in [3.05, 3.63) is 36.4 Å². The van der Waals surface area contributed by atoms with Crippen LogP contribution in [0.2, 0.25) is 0 Å². The van der Waals surface area contributed by atoms with Gasteiger partial charge in [-0.3, -0.25) is 19.3 Å². The van der Waals surface area contributed by atoms with Gasteiger partial charge in [-0.05, 0) is 31.0 Å². The molecule has 0 spiro atoms. The normalized spacial score (nSPS) is 21.3. The fraction of sp³-hybridized carbons (Fsp3) is 0.450. The molecule has 8 nitrogen and oxygen atoms in total. The van der Waals surface area contributed by atoms with Crippen molar-refractivity contribution in [2.45, 2.75) is 38.3 Å². The molecule has 2 atom stereocenters. The number of fused-ring (bicyclic) bond motifs is 1. The maximum absolute atomic E-state index is 13.1. The zero-order valence-corrected chi connectivity index (χ0v) is 16.4. The van der Waals surface area contributed by atoms with Crippen molar-refractivity contribution in [3.63, 3.8) is 0 Å². The first-order valence-corrected chi connectivity index (χ1v) is 9.97. The summed E-state index contributed by atoms with van der Waals surface area (Å²) < 4.78 is 40.6. The van der Waals surface area contributed by atoms with E-state index in [-0.39, 0.29) is 48.0 Å². The number of carbonyl (C=O) groups is 3. The molecule has 2 aromatic rings. The molecule has 3 amide bonds. The van der Waals surface area contributed by atoms with Gasteiger partial charge in [-0.25, -0.2) is 9.67 Å². The predicted molar refractivity (Wildman–Crippen MR) is 102 cm³/mol.